The number of halogens is 2. The number of benzene rings is 2. The molecular weight excluding hydrogens is 385 g/mol. The molecule has 3 rings (SSSR count). The van der Waals surface area contributed by atoms with Crippen molar-refractivity contribution in [3.8, 4) is 0 Å². The minimum atomic E-state index is 0. The van der Waals surface area contributed by atoms with Crippen LogP contribution in [0.2, 0.25) is 5.02 Å². The van der Waals surface area contributed by atoms with Gasteiger partial charge in [-0.3, -0.25) is 0 Å². The minimum Gasteiger partial charge on any atom is -0.383 e. The third-order valence-electron chi connectivity index (χ3n) is 3.77. The SMILES string of the molecule is Cl.NC(=Nc1ccc(CCNCc2cccc(Cl)c2)cc1)c1cccs1. The monoisotopic (exact) mass is 405 g/mol. The van der Waals surface area contributed by atoms with Crippen LogP contribution in [0.1, 0.15) is 16.0 Å². The van der Waals surface area contributed by atoms with Crippen LogP contribution in [-0.2, 0) is 13.0 Å². The molecule has 0 amide bonds. The highest BCUT2D eigenvalue weighted by molar-refractivity contribution is 7.12. The minimum absolute atomic E-state index is 0. The Labute approximate surface area is 169 Å². The molecule has 3 aromatic rings. The summed E-state index contributed by atoms with van der Waals surface area (Å²) in [6, 6.07) is 20.1. The van der Waals surface area contributed by atoms with Crippen LogP contribution < -0.4 is 11.1 Å². The Morgan fingerprint density at radius 3 is 2.54 bits per heavy atom. The summed E-state index contributed by atoms with van der Waals surface area (Å²) in [6.07, 6.45) is 0.963. The van der Waals surface area contributed by atoms with Crippen LogP contribution in [0.25, 0.3) is 0 Å². The van der Waals surface area contributed by atoms with E-state index in [2.05, 4.69) is 28.5 Å². The number of nitrogens with zero attached hydrogens (tertiary/aromatic N) is 1. The molecule has 3 N–H and O–H groups in total. The van der Waals surface area contributed by atoms with Crippen molar-refractivity contribution in [3.05, 3.63) is 87.1 Å². The summed E-state index contributed by atoms with van der Waals surface area (Å²) >= 11 is 7.58. The second kappa shape index (κ2) is 10.3. The Hall–Kier alpha value is -1.85. The van der Waals surface area contributed by atoms with Gasteiger partial charge < -0.3 is 11.1 Å². The van der Waals surface area contributed by atoms with E-state index in [1.54, 1.807) is 11.3 Å². The average Bonchev–Trinajstić information content (AvgIpc) is 3.15. The molecule has 0 aliphatic rings. The lowest BCUT2D eigenvalue weighted by Gasteiger charge is -2.06. The van der Waals surface area contributed by atoms with E-state index >= 15 is 0 Å². The van der Waals surface area contributed by atoms with Gasteiger partial charge in [-0.1, -0.05) is 41.9 Å². The van der Waals surface area contributed by atoms with Crippen molar-refractivity contribution in [1.82, 2.24) is 5.32 Å². The first-order valence-electron chi connectivity index (χ1n) is 8.13. The molecule has 0 aliphatic carbocycles. The molecule has 0 aliphatic heterocycles. The Morgan fingerprint density at radius 2 is 1.85 bits per heavy atom. The number of aliphatic imine (C=N–C) groups is 1. The van der Waals surface area contributed by atoms with Gasteiger partial charge in [-0.2, -0.15) is 0 Å². The fraction of sp³-hybridized carbons (Fsp3) is 0.150. The van der Waals surface area contributed by atoms with E-state index in [9.17, 15) is 0 Å². The number of thiophene rings is 1. The smallest absolute Gasteiger partial charge is 0.141 e. The Kier molecular flexibility index (Phi) is 8.13. The summed E-state index contributed by atoms with van der Waals surface area (Å²) in [5.41, 5.74) is 9.36. The molecule has 0 atom stereocenters. The van der Waals surface area contributed by atoms with Crippen LogP contribution in [0, 0.1) is 0 Å². The maximum Gasteiger partial charge on any atom is 0.141 e. The summed E-state index contributed by atoms with van der Waals surface area (Å²) in [5.74, 6) is 0.561. The molecule has 0 fully saturated rings. The van der Waals surface area contributed by atoms with Gasteiger partial charge in [0.15, 0.2) is 0 Å². The molecule has 1 heterocycles. The molecule has 0 bridgehead atoms. The van der Waals surface area contributed by atoms with Crippen molar-refractivity contribution in [2.45, 2.75) is 13.0 Å². The average molecular weight is 406 g/mol. The van der Waals surface area contributed by atoms with Gasteiger partial charge in [-0.15, -0.1) is 23.7 Å². The fourth-order valence-corrected chi connectivity index (χ4v) is 3.31. The van der Waals surface area contributed by atoms with Crippen molar-refractivity contribution in [2.75, 3.05) is 6.54 Å². The van der Waals surface area contributed by atoms with Crippen molar-refractivity contribution in [3.63, 3.8) is 0 Å². The van der Waals surface area contributed by atoms with Gasteiger partial charge in [0.05, 0.1) is 10.6 Å². The van der Waals surface area contributed by atoms with Crippen LogP contribution in [0.4, 0.5) is 5.69 Å². The first-order valence-corrected chi connectivity index (χ1v) is 9.38. The van der Waals surface area contributed by atoms with Gasteiger partial charge in [0.1, 0.15) is 5.84 Å². The molecule has 0 saturated carbocycles. The number of hydrogen-bond acceptors (Lipinski definition) is 3. The first-order chi connectivity index (χ1) is 12.2. The van der Waals surface area contributed by atoms with Crippen LogP contribution in [0.5, 0.6) is 0 Å². The molecule has 3 nitrogen and oxygen atoms in total. The van der Waals surface area contributed by atoms with E-state index in [1.165, 1.54) is 11.1 Å². The lowest BCUT2D eigenvalue weighted by atomic mass is 10.1. The topological polar surface area (TPSA) is 50.4 Å². The van der Waals surface area contributed by atoms with Crippen LogP contribution in [-0.4, -0.2) is 12.4 Å². The summed E-state index contributed by atoms with van der Waals surface area (Å²) in [4.78, 5) is 5.46. The highest BCUT2D eigenvalue weighted by Crippen LogP contribution is 2.16. The Morgan fingerprint density at radius 1 is 1.04 bits per heavy atom. The Balaban J connectivity index is 0.00000243. The van der Waals surface area contributed by atoms with E-state index in [0.717, 1.165) is 35.1 Å². The lowest BCUT2D eigenvalue weighted by molar-refractivity contribution is 0.687. The number of nitrogens with one attached hydrogen (secondary N) is 1. The number of hydrogen-bond donors (Lipinski definition) is 2. The van der Waals surface area contributed by atoms with E-state index in [0.29, 0.717) is 5.84 Å². The zero-order valence-corrected chi connectivity index (χ0v) is 16.6. The van der Waals surface area contributed by atoms with Gasteiger partial charge in [-0.05, 0) is 59.8 Å². The standard InChI is InChI=1S/C20H20ClN3S.ClH/c21-17-4-1-3-16(13-17)14-23-11-10-15-6-8-18(9-7-15)24-20(22)19-5-2-12-25-19;/h1-9,12-13,23H,10-11,14H2,(H2,22,24);1H. The molecule has 26 heavy (non-hydrogen) atoms. The quantitative estimate of drug-likeness (QED) is 0.322. The van der Waals surface area contributed by atoms with E-state index in [1.807, 2.05) is 47.8 Å². The summed E-state index contributed by atoms with van der Waals surface area (Å²) < 4.78 is 0. The largest absolute Gasteiger partial charge is 0.383 e. The lowest BCUT2D eigenvalue weighted by Crippen LogP contribution is -2.16. The predicted octanol–water partition coefficient (Wildman–Crippen LogP) is 5.19. The summed E-state index contributed by atoms with van der Waals surface area (Å²) in [5, 5.41) is 6.21. The van der Waals surface area contributed by atoms with Gasteiger partial charge in [0, 0.05) is 11.6 Å². The zero-order chi connectivity index (χ0) is 17.5. The van der Waals surface area contributed by atoms with Gasteiger partial charge in [0.25, 0.3) is 0 Å². The molecule has 0 saturated heterocycles. The fourth-order valence-electron chi connectivity index (χ4n) is 2.47. The van der Waals surface area contributed by atoms with E-state index in [4.69, 9.17) is 17.3 Å². The maximum atomic E-state index is 6.01. The van der Waals surface area contributed by atoms with Crippen LogP contribution in [0.15, 0.2) is 71.0 Å². The van der Waals surface area contributed by atoms with Gasteiger partial charge >= 0.3 is 0 Å². The highest BCUT2D eigenvalue weighted by Gasteiger charge is 2.00. The zero-order valence-electron chi connectivity index (χ0n) is 14.2. The third kappa shape index (κ3) is 6.15. The number of amidine groups is 1. The summed E-state index contributed by atoms with van der Waals surface area (Å²) in [6.45, 7) is 1.73. The second-order valence-corrected chi connectivity index (χ2v) is 7.08. The molecule has 1 aromatic heterocycles. The highest BCUT2D eigenvalue weighted by atomic mass is 35.5. The van der Waals surface area contributed by atoms with Crippen LogP contribution in [0.3, 0.4) is 0 Å². The molecule has 2 aromatic carbocycles. The molecule has 0 unspecified atom stereocenters. The molecule has 0 spiro atoms. The van der Waals surface area contributed by atoms with Crippen LogP contribution >= 0.6 is 35.3 Å². The molecule has 136 valence electrons. The predicted molar refractivity (Wildman–Crippen MR) is 115 cm³/mol. The Bertz CT molecular complexity index is 831. The van der Waals surface area contributed by atoms with Crippen molar-refractivity contribution in [1.29, 1.82) is 0 Å². The van der Waals surface area contributed by atoms with Crippen molar-refractivity contribution >= 4 is 46.9 Å². The second-order valence-electron chi connectivity index (χ2n) is 5.70. The van der Waals surface area contributed by atoms with Gasteiger partial charge in [0.2, 0.25) is 0 Å². The van der Waals surface area contributed by atoms with E-state index in [-0.39, 0.29) is 12.4 Å². The first kappa shape index (κ1) is 20.5. The molecule has 0 radical (unpaired) electrons. The maximum absolute atomic E-state index is 6.01. The van der Waals surface area contributed by atoms with Crippen molar-refractivity contribution in [2.24, 2.45) is 10.7 Å². The van der Waals surface area contributed by atoms with Crippen molar-refractivity contribution < 1.29 is 0 Å². The van der Waals surface area contributed by atoms with E-state index < -0.39 is 0 Å². The third-order valence-corrected chi connectivity index (χ3v) is 4.90. The molecule has 6 heteroatoms. The number of rotatable bonds is 7. The normalized spacial score (nSPS) is 11.2. The van der Waals surface area contributed by atoms with Gasteiger partial charge in [-0.25, -0.2) is 4.99 Å². The number of nitrogens with two attached hydrogens (primary N) is 1. The summed E-state index contributed by atoms with van der Waals surface area (Å²) in [7, 11) is 0. The molecular formula is C20H21Cl2N3S.